The van der Waals surface area contributed by atoms with Gasteiger partial charge in [-0.1, -0.05) is 26.7 Å². The van der Waals surface area contributed by atoms with Crippen molar-refractivity contribution in [3.05, 3.63) is 34.6 Å². The smallest absolute Gasteiger partial charge is 0.508 e. The number of amides is 1. The lowest BCUT2D eigenvalue weighted by Crippen LogP contribution is -2.45. The molecule has 0 spiro atoms. The van der Waals surface area contributed by atoms with E-state index in [0.717, 1.165) is 24.0 Å². The summed E-state index contributed by atoms with van der Waals surface area (Å²) in [5, 5.41) is 12.9. The van der Waals surface area contributed by atoms with E-state index in [0.29, 0.717) is 29.7 Å². The molecule has 0 aliphatic carbocycles. The van der Waals surface area contributed by atoms with Gasteiger partial charge in [-0.15, -0.1) is 0 Å². The highest BCUT2D eigenvalue weighted by Crippen LogP contribution is 2.42. The van der Waals surface area contributed by atoms with Gasteiger partial charge in [-0.3, -0.25) is 4.79 Å². The molecule has 6 heteroatoms. The zero-order valence-corrected chi connectivity index (χ0v) is 16.8. The Bertz CT molecular complexity index is 737. The predicted molar refractivity (Wildman–Crippen MR) is 103 cm³/mol. The molecule has 0 saturated carbocycles. The molecule has 0 saturated heterocycles. The number of rotatable bonds is 7. The number of phenolic OH excluding ortho intramolecular Hbond substituents is 1. The lowest BCUT2D eigenvalue weighted by molar-refractivity contribution is -0.116. The highest BCUT2D eigenvalue weighted by atomic mass is 16.7. The Hall–Kier alpha value is -2.50. The zero-order chi connectivity index (χ0) is 20.2. The Morgan fingerprint density at radius 3 is 2.15 bits per heavy atom. The van der Waals surface area contributed by atoms with E-state index in [4.69, 9.17) is 9.47 Å². The van der Waals surface area contributed by atoms with Gasteiger partial charge in [-0.25, -0.2) is 4.79 Å². The first-order valence-electron chi connectivity index (χ1n) is 9.52. The van der Waals surface area contributed by atoms with Crippen molar-refractivity contribution < 1.29 is 24.2 Å². The second kappa shape index (κ2) is 8.46. The summed E-state index contributed by atoms with van der Waals surface area (Å²) in [7, 11) is 0. The van der Waals surface area contributed by atoms with Crippen LogP contribution >= 0.6 is 0 Å². The maximum absolute atomic E-state index is 13.0. The summed E-state index contributed by atoms with van der Waals surface area (Å²) in [4.78, 5) is 25.2. The number of phenols is 1. The minimum absolute atomic E-state index is 0.133. The molecule has 2 rings (SSSR count). The van der Waals surface area contributed by atoms with Crippen LogP contribution in [-0.2, 0) is 14.3 Å². The number of carbonyl (C=O) groups is 2. The van der Waals surface area contributed by atoms with Gasteiger partial charge in [0.1, 0.15) is 11.5 Å². The third kappa shape index (κ3) is 4.10. The van der Waals surface area contributed by atoms with Crippen molar-refractivity contribution in [2.75, 3.05) is 6.61 Å². The lowest BCUT2D eigenvalue weighted by atomic mass is 9.85. The molecule has 0 fully saturated rings. The summed E-state index contributed by atoms with van der Waals surface area (Å²) in [6, 6.07) is 3.20. The Kier molecular flexibility index (Phi) is 6.52. The Balaban J connectivity index is 2.72. The summed E-state index contributed by atoms with van der Waals surface area (Å²) in [6.07, 6.45) is 2.13. The van der Waals surface area contributed by atoms with Crippen LogP contribution in [0.3, 0.4) is 0 Å². The van der Waals surface area contributed by atoms with Crippen molar-refractivity contribution in [3.63, 3.8) is 0 Å². The van der Waals surface area contributed by atoms with Crippen LogP contribution in [0.1, 0.15) is 63.1 Å². The summed E-state index contributed by atoms with van der Waals surface area (Å²) in [5.41, 5.74) is 1.77. The van der Waals surface area contributed by atoms with Crippen molar-refractivity contribution in [2.45, 2.75) is 65.8 Å². The number of nitrogens with one attached hydrogen (secondary N) is 1. The van der Waals surface area contributed by atoms with E-state index in [-0.39, 0.29) is 18.3 Å². The van der Waals surface area contributed by atoms with Crippen LogP contribution in [0.15, 0.2) is 17.9 Å². The Morgan fingerprint density at radius 1 is 1.11 bits per heavy atom. The van der Waals surface area contributed by atoms with Crippen molar-refractivity contribution in [3.8, 4) is 5.75 Å². The Labute approximate surface area is 160 Å². The molecule has 6 nitrogen and oxygen atoms in total. The third-order valence-electron chi connectivity index (χ3n) is 4.81. The van der Waals surface area contributed by atoms with Gasteiger partial charge in [0.2, 0.25) is 0 Å². The highest BCUT2D eigenvalue weighted by Gasteiger charge is 2.47. The average Bonchev–Trinajstić information content (AvgIpc) is 2.80. The molecule has 0 aromatic heterocycles. The second-order valence-electron chi connectivity index (χ2n) is 6.98. The van der Waals surface area contributed by atoms with Crippen LogP contribution in [0.4, 0.5) is 4.79 Å². The number of hydrogen-bond donors (Lipinski definition) is 2. The number of ether oxygens (including phenoxy) is 2. The van der Waals surface area contributed by atoms with Crippen LogP contribution in [0, 0.1) is 13.8 Å². The fourth-order valence-electron chi connectivity index (χ4n) is 3.95. The molecule has 1 heterocycles. The van der Waals surface area contributed by atoms with Crippen molar-refractivity contribution in [2.24, 2.45) is 0 Å². The first-order valence-corrected chi connectivity index (χ1v) is 9.52. The molecule has 1 aliphatic rings. The SMILES string of the molecule is CCCC1(CCC)NC(=O)C(c2c(C)cc(O)cc2C)=C1OC(=O)OCC. The van der Waals surface area contributed by atoms with Crippen LogP contribution in [0.2, 0.25) is 0 Å². The number of aromatic hydroxyl groups is 1. The van der Waals surface area contributed by atoms with Crippen LogP contribution in [0.5, 0.6) is 5.75 Å². The van der Waals surface area contributed by atoms with E-state index < -0.39 is 11.7 Å². The van der Waals surface area contributed by atoms with Crippen molar-refractivity contribution in [1.29, 1.82) is 0 Å². The third-order valence-corrected chi connectivity index (χ3v) is 4.81. The van der Waals surface area contributed by atoms with Gasteiger partial charge in [0.25, 0.3) is 5.91 Å². The number of hydrogen-bond acceptors (Lipinski definition) is 5. The molecule has 0 unspecified atom stereocenters. The van der Waals surface area contributed by atoms with Gasteiger partial charge in [0, 0.05) is 0 Å². The fraction of sp³-hybridized carbons (Fsp3) is 0.524. The van der Waals surface area contributed by atoms with Crippen LogP contribution in [0.25, 0.3) is 5.57 Å². The van der Waals surface area contributed by atoms with Crippen molar-refractivity contribution >= 4 is 17.6 Å². The van der Waals surface area contributed by atoms with Crippen LogP contribution in [-0.4, -0.2) is 29.3 Å². The molecule has 27 heavy (non-hydrogen) atoms. The standard InChI is InChI=1S/C21H29NO5/c1-6-9-21(10-7-2)18(27-20(25)26-8-3)17(19(24)22-21)16-13(4)11-15(23)12-14(16)5/h11-12,23H,6-10H2,1-5H3,(H,22,24). The summed E-state index contributed by atoms with van der Waals surface area (Å²) in [5.74, 6) is 0.189. The molecular weight excluding hydrogens is 346 g/mol. The summed E-state index contributed by atoms with van der Waals surface area (Å²) in [6.45, 7) is 9.60. The highest BCUT2D eigenvalue weighted by molar-refractivity contribution is 6.24. The van der Waals surface area contributed by atoms with Gasteiger partial charge in [-0.2, -0.15) is 0 Å². The van der Waals surface area contributed by atoms with Crippen molar-refractivity contribution in [1.82, 2.24) is 5.32 Å². The van der Waals surface area contributed by atoms with E-state index >= 15 is 0 Å². The zero-order valence-electron chi connectivity index (χ0n) is 16.8. The molecule has 0 radical (unpaired) electrons. The number of aryl methyl sites for hydroxylation is 2. The summed E-state index contributed by atoms with van der Waals surface area (Å²) < 4.78 is 10.6. The average molecular weight is 375 g/mol. The first kappa shape index (κ1) is 20.8. The van der Waals surface area contributed by atoms with E-state index in [1.165, 1.54) is 0 Å². The molecule has 0 bridgehead atoms. The van der Waals surface area contributed by atoms with Gasteiger partial charge < -0.3 is 19.9 Å². The minimum Gasteiger partial charge on any atom is -0.508 e. The molecule has 1 aromatic carbocycles. The molecule has 2 N–H and O–H groups in total. The molecule has 1 aromatic rings. The van der Waals surface area contributed by atoms with Gasteiger partial charge in [0.15, 0.2) is 0 Å². The maximum atomic E-state index is 13.0. The van der Waals surface area contributed by atoms with Gasteiger partial charge in [0.05, 0.1) is 17.7 Å². The van der Waals surface area contributed by atoms with Gasteiger partial charge >= 0.3 is 6.16 Å². The molecule has 148 valence electrons. The molecule has 0 atom stereocenters. The largest absolute Gasteiger partial charge is 0.513 e. The van der Waals surface area contributed by atoms with Gasteiger partial charge in [-0.05, 0) is 62.4 Å². The number of benzene rings is 1. The lowest BCUT2D eigenvalue weighted by Gasteiger charge is -2.31. The van der Waals surface area contributed by atoms with Crippen LogP contribution < -0.4 is 5.32 Å². The normalized spacial score (nSPS) is 15.7. The quantitative estimate of drug-likeness (QED) is 0.692. The van der Waals surface area contributed by atoms with E-state index in [1.807, 2.05) is 27.7 Å². The molecular formula is C21H29NO5. The molecule has 1 aliphatic heterocycles. The topological polar surface area (TPSA) is 84.9 Å². The summed E-state index contributed by atoms with van der Waals surface area (Å²) >= 11 is 0. The monoisotopic (exact) mass is 375 g/mol. The minimum atomic E-state index is -0.813. The van der Waals surface area contributed by atoms with E-state index in [9.17, 15) is 14.7 Å². The van der Waals surface area contributed by atoms with E-state index in [2.05, 4.69) is 5.32 Å². The maximum Gasteiger partial charge on any atom is 0.513 e. The fourth-order valence-corrected chi connectivity index (χ4v) is 3.95. The molecule has 1 amide bonds. The predicted octanol–water partition coefficient (Wildman–Crippen LogP) is 4.36. The first-order chi connectivity index (χ1) is 12.8. The number of carbonyl (C=O) groups excluding carboxylic acids is 2. The second-order valence-corrected chi connectivity index (χ2v) is 6.98. The Morgan fingerprint density at radius 2 is 1.67 bits per heavy atom. The van der Waals surface area contributed by atoms with E-state index in [1.54, 1.807) is 19.1 Å².